The van der Waals surface area contributed by atoms with Crippen molar-refractivity contribution in [2.24, 2.45) is 5.73 Å². The molecule has 1 radical (unpaired) electrons. The minimum Gasteiger partial charge on any atom is -0.370 e. The zero-order valence-electron chi connectivity index (χ0n) is 10.1. The first-order valence-corrected chi connectivity index (χ1v) is 5.62. The quantitative estimate of drug-likeness (QED) is 0.391. The SMILES string of the molecule is [CH2]CNC(=O)Nc1ccc(CCNC(=N)N)cc1. The summed E-state index contributed by atoms with van der Waals surface area (Å²) in [6.07, 6.45) is 0.769. The molecule has 0 bridgehead atoms. The van der Waals surface area contributed by atoms with Crippen LogP contribution in [0.1, 0.15) is 5.56 Å². The van der Waals surface area contributed by atoms with Crippen molar-refractivity contribution in [3.05, 3.63) is 36.8 Å². The van der Waals surface area contributed by atoms with Gasteiger partial charge in [0, 0.05) is 18.8 Å². The number of nitrogens with one attached hydrogen (secondary N) is 4. The molecule has 6 heteroatoms. The molecule has 97 valence electrons. The van der Waals surface area contributed by atoms with Crippen molar-refractivity contribution in [2.45, 2.75) is 6.42 Å². The van der Waals surface area contributed by atoms with Crippen LogP contribution in [0.3, 0.4) is 0 Å². The van der Waals surface area contributed by atoms with Crippen molar-refractivity contribution >= 4 is 17.7 Å². The predicted octanol–water partition coefficient (Wildman–Crippen LogP) is 0.668. The molecule has 0 saturated heterocycles. The van der Waals surface area contributed by atoms with E-state index in [4.69, 9.17) is 11.1 Å². The molecular formula is C12H18N5O. The van der Waals surface area contributed by atoms with Crippen molar-refractivity contribution in [3.63, 3.8) is 0 Å². The maximum Gasteiger partial charge on any atom is 0.319 e. The van der Waals surface area contributed by atoms with Crippen LogP contribution in [0, 0.1) is 12.3 Å². The minimum atomic E-state index is -0.268. The average molecular weight is 248 g/mol. The standard InChI is InChI=1S/C12H18N5O/c1-2-15-12(18)17-10-5-3-9(4-6-10)7-8-16-11(13)14/h3-6H,1-2,7-8H2,(H4,13,14,16)(H2,15,17,18). The lowest BCUT2D eigenvalue weighted by Crippen LogP contribution is -2.31. The van der Waals surface area contributed by atoms with Crippen LogP contribution in [0.25, 0.3) is 0 Å². The summed E-state index contributed by atoms with van der Waals surface area (Å²) in [6.45, 7) is 4.49. The highest BCUT2D eigenvalue weighted by Gasteiger charge is 1.99. The summed E-state index contributed by atoms with van der Waals surface area (Å²) in [4.78, 5) is 11.2. The maximum atomic E-state index is 11.2. The molecule has 1 aromatic carbocycles. The van der Waals surface area contributed by atoms with Gasteiger partial charge in [-0.15, -0.1) is 0 Å². The van der Waals surface area contributed by atoms with Crippen LogP contribution in [0.2, 0.25) is 0 Å². The summed E-state index contributed by atoms with van der Waals surface area (Å²) in [7, 11) is 0. The van der Waals surface area contributed by atoms with E-state index in [-0.39, 0.29) is 12.0 Å². The predicted molar refractivity (Wildman–Crippen MR) is 72.4 cm³/mol. The number of amides is 2. The summed E-state index contributed by atoms with van der Waals surface area (Å²) in [5.41, 5.74) is 7.01. The number of carbonyl (C=O) groups excluding carboxylic acids is 1. The van der Waals surface area contributed by atoms with Crippen LogP contribution in [-0.4, -0.2) is 25.1 Å². The number of carbonyl (C=O) groups is 1. The number of guanidine groups is 1. The van der Waals surface area contributed by atoms with E-state index in [0.29, 0.717) is 13.1 Å². The van der Waals surface area contributed by atoms with Gasteiger partial charge in [-0.05, 0) is 31.0 Å². The number of anilines is 1. The number of rotatable bonds is 5. The van der Waals surface area contributed by atoms with E-state index in [1.807, 2.05) is 24.3 Å². The Bertz CT molecular complexity index is 401. The fourth-order valence-corrected chi connectivity index (χ4v) is 1.39. The zero-order chi connectivity index (χ0) is 13.4. The molecule has 0 fully saturated rings. The highest BCUT2D eigenvalue weighted by Crippen LogP contribution is 2.09. The Labute approximate surface area is 106 Å². The molecule has 0 aliphatic carbocycles. The second-order valence-corrected chi connectivity index (χ2v) is 3.67. The largest absolute Gasteiger partial charge is 0.370 e. The van der Waals surface area contributed by atoms with Crippen molar-refractivity contribution in [1.29, 1.82) is 5.41 Å². The second kappa shape index (κ2) is 7.16. The smallest absolute Gasteiger partial charge is 0.319 e. The van der Waals surface area contributed by atoms with E-state index in [1.165, 1.54) is 0 Å². The number of hydrogen-bond acceptors (Lipinski definition) is 2. The first kappa shape index (κ1) is 13.8. The summed E-state index contributed by atoms with van der Waals surface area (Å²) < 4.78 is 0. The van der Waals surface area contributed by atoms with Crippen LogP contribution in [0.4, 0.5) is 10.5 Å². The van der Waals surface area contributed by atoms with Gasteiger partial charge in [-0.3, -0.25) is 5.41 Å². The van der Waals surface area contributed by atoms with Gasteiger partial charge in [0.05, 0.1) is 0 Å². The molecule has 1 rings (SSSR count). The van der Waals surface area contributed by atoms with Crippen LogP contribution < -0.4 is 21.7 Å². The lowest BCUT2D eigenvalue weighted by atomic mass is 10.1. The molecule has 0 spiro atoms. The van der Waals surface area contributed by atoms with Gasteiger partial charge >= 0.3 is 6.03 Å². The van der Waals surface area contributed by atoms with E-state index < -0.39 is 0 Å². The Morgan fingerprint density at radius 1 is 1.28 bits per heavy atom. The molecule has 0 aliphatic rings. The monoisotopic (exact) mass is 248 g/mol. The number of hydrogen-bond donors (Lipinski definition) is 5. The van der Waals surface area contributed by atoms with Crippen molar-refractivity contribution < 1.29 is 4.79 Å². The van der Waals surface area contributed by atoms with Gasteiger partial charge in [0.15, 0.2) is 5.96 Å². The Morgan fingerprint density at radius 2 is 1.94 bits per heavy atom. The molecule has 0 atom stereocenters. The first-order valence-electron chi connectivity index (χ1n) is 5.62. The fraction of sp³-hybridized carbons (Fsp3) is 0.250. The number of benzene rings is 1. The molecule has 2 amide bonds. The first-order chi connectivity index (χ1) is 8.61. The summed E-state index contributed by atoms with van der Waals surface area (Å²) >= 11 is 0. The topological polar surface area (TPSA) is 103 Å². The fourth-order valence-electron chi connectivity index (χ4n) is 1.39. The average Bonchev–Trinajstić information content (AvgIpc) is 2.31. The number of nitrogens with two attached hydrogens (primary N) is 1. The molecule has 6 N–H and O–H groups in total. The Morgan fingerprint density at radius 3 is 2.50 bits per heavy atom. The second-order valence-electron chi connectivity index (χ2n) is 3.67. The van der Waals surface area contributed by atoms with Crippen LogP contribution in [0.5, 0.6) is 0 Å². The normalized spacial score (nSPS) is 9.61. The molecule has 0 heterocycles. The van der Waals surface area contributed by atoms with Gasteiger partial charge in [0.1, 0.15) is 0 Å². The zero-order valence-corrected chi connectivity index (χ0v) is 10.1. The molecular weight excluding hydrogens is 230 g/mol. The lowest BCUT2D eigenvalue weighted by Gasteiger charge is -2.07. The van der Waals surface area contributed by atoms with E-state index in [0.717, 1.165) is 17.7 Å². The van der Waals surface area contributed by atoms with Gasteiger partial charge in [-0.25, -0.2) is 4.79 Å². The van der Waals surface area contributed by atoms with E-state index in [9.17, 15) is 4.79 Å². The molecule has 0 unspecified atom stereocenters. The van der Waals surface area contributed by atoms with Gasteiger partial charge < -0.3 is 21.7 Å². The van der Waals surface area contributed by atoms with E-state index in [1.54, 1.807) is 0 Å². The molecule has 6 nitrogen and oxygen atoms in total. The van der Waals surface area contributed by atoms with Crippen LogP contribution in [-0.2, 0) is 6.42 Å². The molecule has 1 aromatic rings. The van der Waals surface area contributed by atoms with Gasteiger partial charge in [-0.1, -0.05) is 12.1 Å². The van der Waals surface area contributed by atoms with Crippen molar-refractivity contribution in [2.75, 3.05) is 18.4 Å². The Hall–Kier alpha value is -2.24. The van der Waals surface area contributed by atoms with Crippen molar-refractivity contribution in [3.8, 4) is 0 Å². The molecule has 18 heavy (non-hydrogen) atoms. The minimum absolute atomic E-state index is 0.0295. The van der Waals surface area contributed by atoms with Crippen LogP contribution >= 0.6 is 0 Å². The lowest BCUT2D eigenvalue weighted by molar-refractivity contribution is 0.253. The van der Waals surface area contributed by atoms with Crippen molar-refractivity contribution in [1.82, 2.24) is 10.6 Å². The third-order valence-corrected chi connectivity index (χ3v) is 2.23. The summed E-state index contributed by atoms with van der Waals surface area (Å²) in [6, 6.07) is 7.22. The Balaban J connectivity index is 2.42. The highest BCUT2D eigenvalue weighted by atomic mass is 16.2. The third-order valence-electron chi connectivity index (χ3n) is 2.23. The summed E-state index contributed by atoms with van der Waals surface area (Å²) in [5, 5.41) is 15.0. The molecule has 0 saturated carbocycles. The third kappa shape index (κ3) is 5.20. The highest BCUT2D eigenvalue weighted by molar-refractivity contribution is 5.89. The van der Waals surface area contributed by atoms with E-state index >= 15 is 0 Å². The van der Waals surface area contributed by atoms with E-state index in [2.05, 4.69) is 22.9 Å². The Kier molecular flexibility index (Phi) is 5.50. The molecule has 0 aliphatic heterocycles. The van der Waals surface area contributed by atoms with Gasteiger partial charge in [-0.2, -0.15) is 0 Å². The summed E-state index contributed by atoms with van der Waals surface area (Å²) in [5.74, 6) is -0.0295. The molecule has 0 aromatic heterocycles. The van der Waals surface area contributed by atoms with Gasteiger partial charge in [0.2, 0.25) is 0 Å². The van der Waals surface area contributed by atoms with Gasteiger partial charge in [0.25, 0.3) is 0 Å². The number of urea groups is 1. The maximum absolute atomic E-state index is 11.2. The van der Waals surface area contributed by atoms with Crippen LogP contribution in [0.15, 0.2) is 24.3 Å².